The third-order valence-electron chi connectivity index (χ3n) is 4.60. The molecule has 1 amide bonds. The molecule has 6 nitrogen and oxygen atoms in total. The maximum Gasteiger partial charge on any atom is 0.266 e. The van der Waals surface area contributed by atoms with Gasteiger partial charge in [0, 0.05) is 10.0 Å². The average molecular weight is 461 g/mol. The molecule has 148 valence electrons. The van der Waals surface area contributed by atoms with Crippen molar-refractivity contribution in [2.24, 2.45) is 5.84 Å². The van der Waals surface area contributed by atoms with Crippen molar-refractivity contribution >= 4 is 44.9 Å². The summed E-state index contributed by atoms with van der Waals surface area (Å²) in [5.41, 5.74) is 4.47. The van der Waals surface area contributed by atoms with Crippen molar-refractivity contribution < 1.29 is 4.79 Å². The van der Waals surface area contributed by atoms with Gasteiger partial charge in [-0.15, -0.1) is 0 Å². The number of benzene rings is 3. The molecule has 0 aliphatic carbocycles. The minimum absolute atomic E-state index is 0.204. The Bertz CT molecular complexity index is 1310. The lowest BCUT2D eigenvalue weighted by molar-refractivity contribution is 0.0953. The summed E-state index contributed by atoms with van der Waals surface area (Å²) in [4.78, 5) is 29.8. The fourth-order valence-electron chi connectivity index (χ4n) is 3.12. The monoisotopic (exact) mass is 460 g/mol. The molecule has 0 unspecified atom stereocenters. The van der Waals surface area contributed by atoms with Crippen LogP contribution in [0.4, 0.5) is 0 Å². The quantitative estimate of drug-likeness (QED) is 0.274. The first-order valence-electron chi connectivity index (χ1n) is 9.13. The normalized spacial score (nSPS) is 11.1. The van der Waals surface area contributed by atoms with Crippen LogP contribution in [0.1, 0.15) is 21.7 Å². The van der Waals surface area contributed by atoms with Gasteiger partial charge in [-0.05, 0) is 54.1 Å². The van der Waals surface area contributed by atoms with Crippen molar-refractivity contribution in [3.05, 3.63) is 105 Å². The minimum Gasteiger partial charge on any atom is -0.290 e. The number of nitrogens with two attached hydrogens (primary N) is 1. The van der Waals surface area contributed by atoms with Gasteiger partial charge in [0.1, 0.15) is 5.82 Å². The number of nitrogens with zero attached hydrogens (tertiary/aromatic N) is 2. The van der Waals surface area contributed by atoms with Gasteiger partial charge < -0.3 is 0 Å². The summed E-state index contributed by atoms with van der Waals surface area (Å²) in [7, 11) is 0. The predicted molar refractivity (Wildman–Crippen MR) is 122 cm³/mol. The molecular formula is C23H17BrN4O2. The van der Waals surface area contributed by atoms with Crippen LogP contribution in [0.5, 0.6) is 0 Å². The minimum atomic E-state index is -0.404. The molecule has 0 saturated carbocycles. The fraction of sp³-hybridized carbons (Fsp3) is 0. The number of nitrogens with one attached hydrogen (secondary N) is 1. The number of amides is 1. The molecule has 7 heteroatoms. The molecule has 0 atom stereocenters. The van der Waals surface area contributed by atoms with E-state index in [1.165, 1.54) is 4.57 Å². The molecule has 0 aliphatic rings. The van der Waals surface area contributed by atoms with Gasteiger partial charge in [-0.25, -0.2) is 10.8 Å². The van der Waals surface area contributed by atoms with E-state index in [1.807, 2.05) is 42.5 Å². The van der Waals surface area contributed by atoms with Crippen LogP contribution in [-0.2, 0) is 0 Å². The molecule has 0 fully saturated rings. The van der Waals surface area contributed by atoms with E-state index in [0.717, 1.165) is 10.0 Å². The zero-order chi connectivity index (χ0) is 21.1. The molecule has 3 N–H and O–H groups in total. The van der Waals surface area contributed by atoms with Crippen LogP contribution >= 0.6 is 15.9 Å². The van der Waals surface area contributed by atoms with Gasteiger partial charge in [-0.2, -0.15) is 0 Å². The Kier molecular flexibility index (Phi) is 5.56. The second-order valence-electron chi connectivity index (χ2n) is 6.54. The molecule has 0 radical (unpaired) electrons. The van der Waals surface area contributed by atoms with Crippen molar-refractivity contribution in [3.8, 4) is 5.69 Å². The van der Waals surface area contributed by atoms with Crippen molar-refractivity contribution in [2.45, 2.75) is 0 Å². The Morgan fingerprint density at radius 2 is 1.73 bits per heavy atom. The number of fused-ring (bicyclic) bond motifs is 1. The summed E-state index contributed by atoms with van der Waals surface area (Å²) in [6, 6.07) is 21.8. The average Bonchev–Trinajstić information content (AvgIpc) is 2.78. The fourth-order valence-corrected chi connectivity index (χ4v) is 3.48. The van der Waals surface area contributed by atoms with Gasteiger partial charge in [0.25, 0.3) is 11.5 Å². The standard InChI is InChI=1S/C23H17BrN4O2/c24-17-9-12-20-19(14-17)23(30)28(18-10-7-16(8-11-18)22(29)27-25)21(26-20)13-6-15-4-2-1-3-5-15/h1-14H,25H2,(H,27,29)/b13-6+. The number of halogens is 1. The molecule has 0 bridgehead atoms. The number of aromatic nitrogens is 2. The molecule has 3 aromatic carbocycles. The zero-order valence-corrected chi connectivity index (χ0v) is 17.3. The topological polar surface area (TPSA) is 90.0 Å². The highest BCUT2D eigenvalue weighted by atomic mass is 79.9. The van der Waals surface area contributed by atoms with Crippen molar-refractivity contribution in [1.29, 1.82) is 0 Å². The highest BCUT2D eigenvalue weighted by Gasteiger charge is 2.12. The maximum atomic E-state index is 13.4. The van der Waals surface area contributed by atoms with Crippen LogP contribution in [0.15, 0.2) is 82.1 Å². The molecule has 4 rings (SSSR count). The Balaban J connectivity index is 1.91. The molecule has 0 saturated heterocycles. The number of rotatable bonds is 4. The van der Waals surface area contributed by atoms with E-state index in [0.29, 0.717) is 28.0 Å². The highest BCUT2D eigenvalue weighted by Crippen LogP contribution is 2.19. The Labute approximate surface area is 180 Å². The van der Waals surface area contributed by atoms with E-state index >= 15 is 0 Å². The molecular weight excluding hydrogens is 444 g/mol. The molecule has 1 heterocycles. The lowest BCUT2D eigenvalue weighted by Crippen LogP contribution is -2.30. The zero-order valence-electron chi connectivity index (χ0n) is 15.7. The van der Waals surface area contributed by atoms with E-state index in [9.17, 15) is 9.59 Å². The van der Waals surface area contributed by atoms with Gasteiger partial charge in [0.2, 0.25) is 0 Å². The van der Waals surface area contributed by atoms with Crippen LogP contribution in [-0.4, -0.2) is 15.5 Å². The van der Waals surface area contributed by atoms with Gasteiger partial charge >= 0.3 is 0 Å². The summed E-state index contributed by atoms with van der Waals surface area (Å²) in [5, 5.41) is 0.491. The lowest BCUT2D eigenvalue weighted by Gasteiger charge is -2.12. The van der Waals surface area contributed by atoms with Crippen LogP contribution < -0.4 is 16.8 Å². The van der Waals surface area contributed by atoms with Crippen molar-refractivity contribution in [2.75, 3.05) is 0 Å². The van der Waals surface area contributed by atoms with Gasteiger partial charge in [0.05, 0.1) is 16.6 Å². The summed E-state index contributed by atoms with van der Waals surface area (Å²) < 4.78 is 2.32. The number of hydrogen-bond acceptors (Lipinski definition) is 4. The smallest absolute Gasteiger partial charge is 0.266 e. The number of carbonyl (C=O) groups excluding carboxylic acids is 1. The van der Waals surface area contributed by atoms with Crippen LogP contribution in [0.2, 0.25) is 0 Å². The second kappa shape index (κ2) is 8.44. The number of hydrazine groups is 1. The van der Waals surface area contributed by atoms with E-state index in [-0.39, 0.29) is 5.56 Å². The Morgan fingerprint density at radius 1 is 1.00 bits per heavy atom. The molecule has 0 spiro atoms. The lowest BCUT2D eigenvalue weighted by atomic mass is 10.1. The SMILES string of the molecule is NNC(=O)c1ccc(-n2c(/C=C/c3ccccc3)nc3ccc(Br)cc3c2=O)cc1. The number of carbonyl (C=O) groups is 1. The summed E-state index contributed by atoms with van der Waals surface area (Å²) in [6.45, 7) is 0. The Hall–Kier alpha value is -3.55. The number of nitrogen functional groups attached to an aromatic ring is 1. The molecule has 0 aliphatic heterocycles. The maximum absolute atomic E-state index is 13.4. The first-order valence-corrected chi connectivity index (χ1v) is 9.93. The van der Waals surface area contributed by atoms with Crippen molar-refractivity contribution in [3.63, 3.8) is 0 Å². The molecule has 4 aromatic rings. The first-order chi connectivity index (χ1) is 14.6. The third kappa shape index (κ3) is 3.94. The largest absolute Gasteiger partial charge is 0.290 e. The number of hydrogen-bond donors (Lipinski definition) is 2. The summed E-state index contributed by atoms with van der Waals surface area (Å²) in [5.74, 6) is 5.27. The predicted octanol–water partition coefficient (Wildman–Crippen LogP) is 3.92. The molecule has 30 heavy (non-hydrogen) atoms. The Morgan fingerprint density at radius 3 is 2.43 bits per heavy atom. The van der Waals surface area contributed by atoms with E-state index < -0.39 is 5.91 Å². The van der Waals surface area contributed by atoms with Crippen LogP contribution in [0, 0.1) is 0 Å². The third-order valence-corrected chi connectivity index (χ3v) is 5.09. The van der Waals surface area contributed by atoms with Crippen molar-refractivity contribution in [1.82, 2.24) is 15.0 Å². The summed E-state index contributed by atoms with van der Waals surface area (Å²) in [6.07, 6.45) is 3.71. The highest BCUT2D eigenvalue weighted by molar-refractivity contribution is 9.10. The van der Waals surface area contributed by atoms with Crippen LogP contribution in [0.25, 0.3) is 28.7 Å². The van der Waals surface area contributed by atoms with Gasteiger partial charge in [-0.3, -0.25) is 19.6 Å². The van der Waals surface area contributed by atoms with Gasteiger partial charge in [0.15, 0.2) is 0 Å². The van der Waals surface area contributed by atoms with E-state index in [1.54, 1.807) is 42.5 Å². The first kappa shape index (κ1) is 19.8. The van der Waals surface area contributed by atoms with E-state index in [4.69, 9.17) is 10.8 Å². The summed E-state index contributed by atoms with van der Waals surface area (Å²) >= 11 is 3.41. The van der Waals surface area contributed by atoms with Crippen LogP contribution in [0.3, 0.4) is 0 Å². The molecule has 1 aromatic heterocycles. The second-order valence-corrected chi connectivity index (χ2v) is 7.45. The van der Waals surface area contributed by atoms with E-state index in [2.05, 4.69) is 21.4 Å². The van der Waals surface area contributed by atoms with Gasteiger partial charge in [-0.1, -0.05) is 52.3 Å².